The van der Waals surface area contributed by atoms with Crippen LogP contribution >= 0.6 is 11.6 Å². The van der Waals surface area contributed by atoms with E-state index in [1.165, 1.54) is 0 Å². The number of rotatable bonds is 4. The Bertz CT molecular complexity index is 510. The number of hydrogen-bond donors (Lipinski definition) is 1. The van der Waals surface area contributed by atoms with Crippen LogP contribution in [0, 0.1) is 0 Å². The summed E-state index contributed by atoms with van der Waals surface area (Å²) in [6, 6.07) is 15.3. The number of benzene rings is 2. The summed E-state index contributed by atoms with van der Waals surface area (Å²) < 4.78 is 5.47. The second-order valence-corrected chi connectivity index (χ2v) is 4.47. The largest absolute Gasteiger partial charge is 0.494 e. The van der Waals surface area contributed by atoms with Crippen molar-refractivity contribution in [2.45, 2.75) is 13.0 Å². The van der Waals surface area contributed by atoms with Crippen molar-refractivity contribution >= 4 is 11.6 Å². The first-order valence-electron chi connectivity index (χ1n) is 5.94. The molecule has 0 fully saturated rings. The lowest BCUT2D eigenvalue weighted by Crippen LogP contribution is -2.11. The second-order valence-electron chi connectivity index (χ2n) is 4.03. The molecule has 1 atom stereocenters. The molecule has 0 radical (unpaired) electrons. The van der Waals surface area contributed by atoms with Gasteiger partial charge in [-0.05, 0) is 42.3 Å². The maximum atomic E-state index is 6.23. The van der Waals surface area contributed by atoms with Gasteiger partial charge in [0.1, 0.15) is 5.75 Å². The van der Waals surface area contributed by atoms with Crippen LogP contribution in [0.1, 0.15) is 24.1 Å². The SMILES string of the molecule is CCOc1cccc(C(N)c2ccc(Cl)cc2)c1. The molecule has 1 unspecified atom stereocenters. The van der Waals surface area contributed by atoms with Crippen molar-refractivity contribution in [2.24, 2.45) is 5.73 Å². The number of ether oxygens (including phenoxy) is 1. The Morgan fingerprint density at radius 1 is 1.11 bits per heavy atom. The lowest BCUT2D eigenvalue weighted by molar-refractivity contribution is 0.340. The molecule has 0 saturated carbocycles. The van der Waals surface area contributed by atoms with E-state index in [-0.39, 0.29) is 6.04 Å². The van der Waals surface area contributed by atoms with Gasteiger partial charge in [-0.3, -0.25) is 0 Å². The molecule has 94 valence electrons. The van der Waals surface area contributed by atoms with Crippen LogP contribution in [0.2, 0.25) is 5.02 Å². The van der Waals surface area contributed by atoms with E-state index < -0.39 is 0 Å². The summed E-state index contributed by atoms with van der Waals surface area (Å²) in [6.45, 7) is 2.62. The highest BCUT2D eigenvalue weighted by Crippen LogP contribution is 2.24. The predicted octanol–water partition coefficient (Wildman–Crippen LogP) is 3.79. The third kappa shape index (κ3) is 3.03. The quantitative estimate of drug-likeness (QED) is 0.909. The molecule has 2 aromatic carbocycles. The molecular formula is C15H16ClNO. The average Bonchev–Trinajstić information content (AvgIpc) is 2.39. The van der Waals surface area contributed by atoms with Gasteiger partial charge in [-0.1, -0.05) is 35.9 Å². The first-order chi connectivity index (χ1) is 8.70. The number of halogens is 1. The summed E-state index contributed by atoms with van der Waals surface area (Å²) in [7, 11) is 0. The van der Waals surface area contributed by atoms with Gasteiger partial charge in [0.05, 0.1) is 12.6 Å². The Hall–Kier alpha value is -1.51. The van der Waals surface area contributed by atoms with Crippen LogP contribution in [0.25, 0.3) is 0 Å². The van der Waals surface area contributed by atoms with Gasteiger partial charge < -0.3 is 10.5 Å². The van der Waals surface area contributed by atoms with Crippen LogP contribution in [0.3, 0.4) is 0 Å². The highest BCUT2D eigenvalue weighted by molar-refractivity contribution is 6.30. The zero-order valence-electron chi connectivity index (χ0n) is 10.3. The van der Waals surface area contributed by atoms with Gasteiger partial charge in [-0.15, -0.1) is 0 Å². The van der Waals surface area contributed by atoms with E-state index in [2.05, 4.69) is 0 Å². The molecule has 2 N–H and O–H groups in total. The minimum Gasteiger partial charge on any atom is -0.494 e. The van der Waals surface area contributed by atoms with Crippen molar-refractivity contribution in [1.29, 1.82) is 0 Å². The molecular weight excluding hydrogens is 246 g/mol. The summed E-state index contributed by atoms with van der Waals surface area (Å²) in [6.07, 6.45) is 0. The molecule has 2 nitrogen and oxygen atoms in total. The van der Waals surface area contributed by atoms with E-state index >= 15 is 0 Å². The molecule has 0 aliphatic rings. The highest BCUT2D eigenvalue weighted by atomic mass is 35.5. The van der Waals surface area contributed by atoms with E-state index in [4.69, 9.17) is 22.1 Å². The molecule has 0 saturated heterocycles. The van der Waals surface area contributed by atoms with Gasteiger partial charge in [-0.2, -0.15) is 0 Å². The Kier molecular flexibility index (Phi) is 4.24. The number of hydrogen-bond acceptors (Lipinski definition) is 2. The van der Waals surface area contributed by atoms with E-state index in [0.29, 0.717) is 11.6 Å². The molecule has 0 bridgehead atoms. The zero-order valence-corrected chi connectivity index (χ0v) is 11.0. The molecule has 0 spiro atoms. The van der Waals surface area contributed by atoms with Crippen molar-refractivity contribution in [3.05, 3.63) is 64.7 Å². The molecule has 2 rings (SSSR count). The van der Waals surface area contributed by atoms with Gasteiger partial charge in [0.15, 0.2) is 0 Å². The normalized spacial score (nSPS) is 12.2. The molecule has 0 aliphatic carbocycles. The fourth-order valence-corrected chi connectivity index (χ4v) is 1.95. The van der Waals surface area contributed by atoms with Crippen molar-refractivity contribution < 1.29 is 4.74 Å². The van der Waals surface area contributed by atoms with Crippen LogP contribution < -0.4 is 10.5 Å². The van der Waals surface area contributed by atoms with Crippen LogP contribution in [0.4, 0.5) is 0 Å². The van der Waals surface area contributed by atoms with Crippen molar-refractivity contribution in [2.75, 3.05) is 6.61 Å². The number of nitrogens with two attached hydrogens (primary N) is 1. The summed E-state index contributed by atoms with van der Waals surface area (Å²) in [5.74, 6) is 0.847. The van der Waals surface area contributed by atoms with E-state index in [1.54, 1.807) is 0 Å². The Morgan fingerprint density at radius 3 is 2.50 bits per heavy atom. The molecule has 0 amide bonds. The molecule has 18 heavy (non-hydrogen) atoms. The van der Waals surface area contributed by atoms with Crippen molar-refractivity contribution in [1.82, 2.24) is 0 Å². The molecule has 2 aromatic rings. The van der Waals surface area contributed by atoms with Gasteiger partial charge in [-0.25, -0.2) is 0 Å². The second kappa shape index (κ2) is 5.89. The van der Waals surface area contributed by atoms with Crippen LogP contribution in [-0.4, -0.2) is 6.61 Å². The molecule has 0 heterocycles. The fraction of sp³-hybridized carbons (Fsp3) is 0.200. The Morgan fingerprint density at radius 2 is 1.83 bits per heavy atom. The first kappa shape index (κ1) is 12.9. The predicted molar refractivity (Wildman–Crippen MR) is 75.1 cm³/mol. The summed E-state index contributed by atoms with van der Waals surface area (Å²) >= 11 is 5.87. The van der Waals surface area contributed by atoms with E-state index in [9.17, 15) is 0 Å². The van der Waals surface area contributed by atoms with E-state index in [0.717, 1.165) is 16.9 Å². The lowest BCUT2D eigenvalue weighted by Gasteiger charge is -2.14. The fourth-order valence-electron chi connectivity index (χ4n) is 1.83. The third-order valence-electron chi connectivity index (χ3n) is 2.76. The third-order valence-corrected chi connectivity index (χ3v) is 3.01. The topological polar surface area (TPSA) is 35.2 Å². The van der Waals surface area contributed by atoms with Gasteiger partial charge in [0.25, 0.3) is 0 Å². The standard InChI is InChI=1S/C15H16ClNO/c1-2-18-14-5-3-4-12(10-14)15(17)11-6-8-13(16)9-7-11/h3-10,15H,2,17H2,1H3. The monoisotopic (exact) mass is 261 g/mol. The summed E-state index contributed by atoms with van der Waals surface area (Å²) in [5.41, 5.74) is 8.30. The minimum atomic E-state index is -0.164. The Labute approximate surface area is 112 Å². The first-order valence-corrected chi connectivity index (χ1v) is 6.32. The summed E-state index contributed by atoms with van der Waals surface area (Å²) in [5, 5.41) is 0.717. The van der Waals surface area contributed by atoms with Crippen LogP contribution in [-0.2, 0) is 0 Å². The highest BCUT2D eigenvalue weighted by Gasteiger charge is 2.09. The van der Waals surface area contributed by atoms with Gasteiger partial charge >= 0.3 is 0 Å². The minimum absolute atomic E-state index is 0.164. The van der Waals surface area contributed by atoms with Crippen LogP contribution in [0.5, 0.6) is 5.75 Å². The maximum Gasteiger partial charge on any atom is 0.119 e. The molecule has 3 heteroatoms. The maximum absolute atomic E-state index is 6.23. The molecule has 0 aliphatic heterocycles. The Balaban J connectivity index is 2.24. The average molecular weight is 262 g/mol. The lowest BCUT2D eigenvalue weighted by atomic mass is 9.99. The van der Waals surface area contributed by atoms with Crippen molar-refractivity contribution in [3.8, 4) is 5.75 Å². The van der Waals surface area contributed by atoms with Gasteiger partial charge in [0, 0.05) is 5.02 Å². The summed E-state index contributed by atoms with van der Waals surface area (Å²) in [4.78, 5) is 0. The van der Waals surface area contributed by atoms with Gasteiger partial charge in [0.2, 0.25) is 0 Å². The zero-order chi connectivity index (χ0) is 13.0. The van der Waals surface area contributed by atoms with Crippen molar-refractivity contribution in [3.63, 3.8) is 0 Å². The molecule has 0 aromatic heterocycles. The smallest absolute Gasteiger partial charge is 0.119 e. The van der Waals surface area contributed by atoms with E-state index in [1.807, 2.05) is 55.5 Å². The van der Waals surface area contributed by atoms with Crippen LogP contribution in [0.15, 0.2) is 48.5 Å².